The van der Waals surface area contributed by atoms with Gasteiger partial charge in [0.25, 0.3) is 0 Å². The number of halogens is 1. The number of aromatic nitrogens is 1. The summed E-state index contributed by atoms with van der Waals surface area (Å²) in [5, 5.41) is 4.43. The summed E-state index contributed by atoms with van der Waals surface area (Å²) in [6, 6.07) is 17.1. The van der Waals surface area contributed by atoms with Crippen LogP contribution >= 0.6 is 11.8 Å². The SMILES string of the molecule is CN(CC(=O)Nc1ccc(F)cc1)C(=O)CSc1ccc2ccccc2n1. The Hall–Kier alpha value is -2.93. The van der Waals surface area contributed by atoms with Gasteiger partial charge in [-0.2, -0.15) is 0 Å². The highest BCUT2D eigenvalue weighted by Gasteiger charge is 2.14. The first-order valence-corrected chi connectivity index (χ1v) is 9.28. The molecule has 0 bridgehead atoms. The van der Waals surface area contributed by atoms with E-state index < -0.39 is 0 Å². The maximum Gasteiger partial charge on any atom is 0.243 e. The molecule has 7 heteroatoms. The van der Waals surface area contributed by atoms with E-state index in [0.717, 1.165) is 15.9 Å². The van der Waals surface area contributed by atoms with Crippen molar-refractivity contribution in [1.29, 1.82) is 0 Å². The molecule has 1 aromatic heterocycles. The van der Waals surface area contributed by atoms with Gasteiger partial charge in [-0.05, 0) is 36.4 Å². The van der Waals surface area contributed by atoms with Crippen LogP contribution in [0.25, 0.3) is 10.9 Å². The maximum atomic E-state index is 12.9. The molecule has 0 spiro atoms. The van der Waals surface area contributed by atoms with Crippen LogP contribution in [-0.4, -0.2) is 41.0 Å². The van der Waals surface area contributed by atoms with Crippen LogP contribution in [0.5, 0.6) is 0 Å². The van der Waals surface area contributed by atoms with Crippen molar-refractivity contribution >= 4 is 40.2 Å². The minimum absolute atomic E-state index is 0.0814. The van der Waals surface area contributed by atoms with Gasteiger partial charge < -0.3 is 10.2 Å². The summed E-state index contributed by atoms with van der Waals surface area (Å²) in [6.45, 7) is -0.0814. The van der Waals surface area contributed by atoms with E-state index in [2.05, 4.69) is 10.3 Å². The number of anilines is 1. The molecule has 0 aliphatic heterocycles. The first-order chi connectivity index (χ1) is 13.0. The Bertz CT molecular complexity index is 963. The van der Waals surface area contributed by atoms with E-state index in [4.69, 9.17) is 0 Å². The van der Waals surface area contributed by atoms with Gasteiger partial charge in [0.05, 0.1) is 22.8 Å². The molecule has 0 saturated carbocycles. The Balaban J connectivity index is 1.50. The maximum absolute atomic E-state index is 12.9. The smallest absolute Gasteiger partial charge is 0.243 e. The average Bonchev–Trinajstić information content (AvgIpc) is 2.67. The summed E-state index contributed by atoms with van der Waals surface area (Å²) in [5.41, 5.74) is 1.36. The summed E-state index contributed by atoms with van der Waals surface area (Å²) in [6.07, 6.45) is 0. The fraction of sp³-hybridized carbons (Fsp3) is 0.150. The number of fused-ring (bicyclic) bond motifs is 1. The molecule has 1 N–H and O–H groups in total. The lowest BCUT2D eigenvalue weighted by molar-refractivity contribution is -0.131. The van der Waals surface area contributed by atoms with Crippen molar-refractivity contribution in [2.24, 2.45) is 0 Å². The van der Waals surface area contributed by atoms with Crippen molar-refractivity contribution in [3.8, 4) is 0 Å². The minimum atomic E-state index is -0.375. The van der Waals surface area contributed by atoms with Gasteiger partial charge in [0.15, 0.2) is 0 Å². The molecule has 5 nitrogen and oxygen atoms in total. The van der Waals surface area contributed by atoms with Crippen LogP contribution in [0.2, 0.25) is 0 Å². The lowest BCUT2D eigenvalue weighted by Gasteiger charge is -2.16. The van der Waals surface area contributed by atoms with Crippen LogP contribution < -0.4 is 5.32 Å². The molecule has 0 aliphatic carbocycles. The zero-order valence-electron chi connectivity index (χ0n) is 14.7. The fourth-order valence-electron chi connectivity index (χ4n) is 2.41. The van der Waals surface area contributed by atoms with Crippen LogP contribution in [-0.2, 0) is 9.59 Å². The van der Waals surface area contributed by atoms with Crippen LogP contribution in [0.1, 0.15) is 0 Å². The van der Waals surface area contributed by atoms with Gasteiger partial charge in [-0.3, -0.25) is 9.59 Å². The number of hydrogen-bond donors (Lipinski definition) is 1. The molecule has 2 aromatic carbocycles. The number of hydrogen-bond acceptors (Lipinski definition) is 4. The molecule has 27 heavy (non-hydrogen) atoms. The van der Waals surface area contributed by atoms with Gasteiger partial charge in [-0.25, -0.2) is 9.37 Å². The molecule has 0 saturated heterocycles. The number of thioether (sulfide) groups is 1. The van der Waals surface area contributed by atoms with Crippen molar-refractivity contribution in [1.82, 2.24) is 9.88 Å². The number of benzene rings is 2. The van der Waals surface area contributed by atoms with Crippen molar-refractivity contribution < 1.29 is 14.0 Å². The summed E-state index contributed by atoms with van der Waals surface area (Å²) < 4.78 is 12.9. The fourth-order valence-corrected chi connectivity index (χ4v) is 3.23. The van der Waals surface area contributed by atoms with Crippen molar-refractivity contribution in [2.45, 2.75) is 5.03 Å². The van der Waals surface area contributed by atoms with E-state index in [9.17, 15) is 14.0 Å². The highest BCUT2D eigenvalue weighted by molar-refractivity contribution is 7.99. The van der Waals surface area contributed by atoms with Crippen LogP contribution in [0.15, 0.2) is 65.7 Å². The zero-order chi connectivity index (χ0) is 19.2. The number of amides is 2. The highest BCUT2D eigenvalue weighted by Crippen LogP contribution is 2.20. The number of rotatable bonds is 6. The van der Waals surface area contributed by atoms with E-state index in [0.29, 0.717) is 5.69 Å². The summed E-state index contributed by atoms with van der Waals surface area (Å²) in [5.74, 6) is -0.707. The molecular weight excluding hydrogens is 365 g/mol. The van der Waals surface area contributed by atoms with Crippen molar-refractivity contribution in [2.75, 3.05) is 24.7 Å². The number of carbonyl (C=O) groups is 2. The largest absolute Gasteiger partial charge is 0.336 e. The second-order valence-electron chi connectivity index (χ2n) is 5.94. The Kier molecular flexibility index (Phi) is 6.03. The Morgan fingerprint density at radius 3 is 2.59 bits per heavy atom. The Morgan fingerprint density at radius 2 is 1.81 bits per heavy atom. The van der Waals surface area contributed by atoms with Crippen LogP contribution in [0, 0.1) is 5.82 Å². The van der Waals surface area contributed by atoms with Gasteiger partial charge in [0, 0.05) is 18.1 Å². The second kappa shape index (κ2) is 8.64. The molecule has 3 aromatic rings. The molecular formula is C20H18FN3O2S. The molecule has 2 amide bonds. The van der Waals surface area contributed by atoms with Gasteiger partial charge in [0.2, 0.25) is 11.8 Å². The van der Waals surface area contributed by atoms with E-state index in [1.807, 2.05) is 36.4 Å². The third-order valence-electron chi connectivity index (χ3n) is 3.85. The molecule has 0 unspecified atom stereocenters. The first-order valence-electron chi connectivity index (χ1n) is 8.29. The molecule has 0 fully saturated rings. The number of likely N-dealkylation sites (N-methyl/N-ethyl adjacent to an activating group) is 1. The molecule has 3 rings (SSSR count). The third-order valence-corrected chi connectivity index (χ3v) is 4.77. The lowest BCUT2D eigenvalue weighted by atomic mass is 10.2. The number of para-hydroxylation sites is 1. The van der Waals surface area contributed by atoms with Gasteiger partial charge in [0.1, 0.15) is 5.82 Å². The van der Waals surface area contributed by atoms with E-state index >= 15 is 0 Å². The Morgan fingerprint density at radius 1 is 1.07 bits per heavy atom. The van der Waals surface area contributed by atoms with E-state index in [1.54, 1.807) is 7.05 Å². The quantitative estimate of drug-likeness (QED) is 0.661. The standard InChI is InChI=1S/C20H18FN3O2S/c1-24(12-18(25)22-16-9-7-15(21)8-10-16)20(26)13-27-19-11-6-14-4-2-3-5-17(14)23-19/h2-11H,12-13H2,1H3,(H,22,25). The third kappa shape index (κ3) is 5.27. The van der Waals surface area contributed by atoms with Gasteiger partial charge in [-0.1, -0.05) is 36.0 Å². The number of pyridine rings is 1. The number of nitrogens with one attached hydrogen (secondary N) is 1. The Labute approximate surface area is 160 Å². The second-order valence-corrected chi connectivity index (χ2v) is 6.93. The molecule has 138 valence electrons. The predicted molar refractivity (Wildman–Crippen MR) is 105 cm³/mol. The molecule has 0 atom stereocenters. The normalized spacial score (nSPS) is 10.6. The first kappa shape index (κ1) is 18.8. The molecule has 1 heterocycles. The monoisotopic (exact) mass is 383 g/mol. The van der Waals surface area contributed by atoms with Crippen molar-refractivity contribution in [3.05, 3.63) is 66.5 Å². The summed E-state index contributed by atoms with van der Waals surface area (Å²) in [4.78, 5) is 30.1. The molecule has 0 aliphatic rings. The topological polar surface area (TPSA) is 62.3 Å². The minimum Gasteiger partial charge on any atom is -0.336 e. The lowest BCUT2D eigenvalue weighted by Crippen LogP contribution is -2.35. The van der Waals surface area contributed by atoms with Gasteiger partial charge in [-0.15, -0.1) is 0 Å². The van der Waals surface area contributed by atoms with Crippen LogP contribution in [0.3, 0.4) is 0 Å². The number of nitrogens with zero attached hydrogens (tertiary/aromatic N) is 2. The van der Waals surface area contributed by atoms with E-state index in [1.165, 1.54) is 40.9 Å². The average molecular weight is 383 g/mol. The highest BCUT2D eigenvalue weighted by atomic mass is 32.2. The summed E-state index contributed by atoms with van der Waals surface area (Å²) >= 11 is 1.33. The van der Waals surface area contributed by atoms with E-state index in [-0.39, 0.29) is 29.9 Å². The number of carbonyl (C=O) groups excluding carboxylic acids is 2. The predicted octanol–water partition coefficient (Wildman–Crippen LogP) is 3.56. The molecule has 0 radical (unpaired) electrons. The zero-order valence-corrected chi connectivity index (χ0v) is 15.5. The summed E-state index contributed by atoms with van der Waals surface area (Å²) in [7, 11) is 1.57. The van der Waals surface area contributed by atoms with Gasteiger partial charge >= 0.3 is 0 Å². The van der Waals surface area contributed by atoms with Crippen LogP contribution in [0.4, 0.5) is 10.1 Å². The van der Waals surface area contributed by atoms with Crippen molar-refractivity contribution in [3.63, 3.8) is 0 Å².